The predicted molar refractivity (Wildman–Crippen MR) is 80.6 cm³/mol. The first-order valence-electron chi connectivity index (χ1n) is 7.75. The normalized spacial score (nSPS) is 16.9. The lowest BCUT2D eigenvalue weighted by molar-refractivity contribution is -0.119. The fourth-order valence-corrected chi connectivity index (χ4v) is 4.03. The maximum Gasteiger partial charge on any atom is 0.237 e. The number of rotatable bonds is 6. The molecule has 0 radical (unpaired) electrons. The van der Waals surface area contributed by atoms with Crippen molar-refractivity contribution in [2.75, 3.05) is 0 Å². The summed E-state index contributed by atoms with van der Waals surface area (Å²) < 4.78 is 31.4. The van der Waals surface area contributed by atoms with E-state index in [4.69, 9.17) is 4.52 Å². The molecule has 0 unspecified atom stereocenters. The Hall–Kier alpha value is -1.44. The first kappa shape index (κ1) is 16.9. The molecule has 22 heavy (non-hydrogen) atoms. The molecule has 0 bridgehead atoms. The highest BCUT2D eigenvalue weighted by Gasteiger charge is 2.28. The Morgan fingerprint density at radius 2 is 2.00 bits per heavy atom. The van der Waals surface area contributed by atoms with Crippen LogP contribution in [-0.4, -0.2) is 29.7 Å². The molecule has 124 valence electrons. The lowest BCUT2D eigenvalue weighted by atomic mass is 10.0. The predicted octanol–water partition coefficient (Wildman–Crippen LogP) is 1.90. The molecule has 0 aromatic carbocycles. The fourth-order valence-electron chi connectivity index (χ4n) is 2.49. The lowest BCUT2D eigenvalue weighted by Gasteiger charge is -2.21. The van der Waals surface area contributed by atoms with E-state index in [9.17, 15) is 13.2 Å². The first-order valence-corrected chi connectivity index (χ1v) is 9.30. The summed E-state index contributed by atoms with van der Waals surface area (Å²) in [6.07, 6.45) is 4.39. The van der Waals surface area contributed by atoms with Gasteiger partial charge in [0.25, 0.3) is 0 Å². The van der Waals surface area contributed by atoms with Crippen LogP contribution in [0.3, 0.4) is 0 Å². The number of hydrogen-bond acceptors (Lipinski definition) is 6. The van der Waals surface area contributed by atoms with E-state index in [0.717, 1.165) is 19.3 Å². The van der Waals surface area contributed by atoms with Crippen molar-refractivity contribution in [1.29, 1.82) is 0 Å². The zero-order valence-electron chi connectivity index (χ0n) is 13.0. The molecule has 0 aliphatic heterocycles. The molecule has 0 saturated heterocycles. The van der Waals surface area contributed by atoms with Crippen molar-refractivity contribution < 1.29 is 17.7 Å². The summed E-state index contributed by atoms with van der Waals surface area (Å²) in [5.74, 6) is 0.576. The zero-order chi connectivity index (χ0) is 16.2. The number of nitrogens with zero attached hydrogens (tertiary/aromatic N) is 2. The topological polar surface area (TPSA) is 102 Å². The number of nitrogens with one attached hydrogen (secondary N) is 1. The molecule has 1 saturated carbocycles. The minimum atomic E-state index is -3.56. The quantitative estimate of drug-likeness (QED) is 0.855. The van der Waals surface area contributed by atoms with Gasteiger partial charge in [0, 0.05) is 18.8 Å². The number of amides is 1. The third-order valence-corrected chi connectivity index (χ3v) is 5.67. The number of sulfonamides is 1. The van der Waals surface area contributed by atoms with Crippen LogP contribution >= 0.6 is 0 Å². The van der Waals surface area contributed by atoms with E-state index in [-0.39, 0.29) is 18.8 Å². The number of carbonyl (C=O) groups is 1. The summed E-state index contributed by atoms with van der Waals surface area (Å²) in [5, 5.41) is 3.36. The Kier molecular flexibility index (Phi) is 5.55. The number of aryl methyl sites for hydroxylation is 1. The highest BCUT2D eigenvalue weighted by Crippen LogP contribution is 2.23. The SMILES string of the molecule is CC(C)c1noc(CCC(=O)NS(=O)(=O)C2CCCCC2)n1. The van der Waals surface area contributed by atoms with Gasteiger partial charge in [-0.15, -0.1) is 0 Å². The minimum Gasteiger partial charge on any atom is -0.339 e. The van der Waals surface area contributed by atoms with Crippen LogP contribution in [0.2, 0.25) is 0 Å². The molecule has 1 amide bonds. The smallest absolute Gasteiger partial charge is 0.237 e. The van der Waals surface area contributed by atoms with Crippen LogP contribution in [0.4, 0.5) is 0 Å². The second kappa shape index (κ2) is 7.21. The zero-order valence-corrected chi connectivity index (χ0v) is 13.9. The summed E-state index contributed by atoms with van der Waals surface area (Å²) >= 11 is 0. The van der Waals surface area contributed by atoms with Crippen molar-refractivity contribution in [3.05, 3.63) is 11.7 Å². The molecule has 0 atom stereocenters. The molecule has 1 N–H and O–H groups in total. The summed E-state index contributed by atoms with van der Waals surface area (Å²) in [6, 6.07) is 0. The van der Waals surface area contributed by atoms with Crippen molar-refractivity contribution in [1.82, 2.24) is 14.9 Å². The maximum atomic E-state index is 12.1. The molecule has 1 fully saturated rings. The van der Waals surface area contributed by atoms with E-state index in [1.54, 1.807) is 0 Å². The van der Waals surface area contributed by atoms with Crippen LogP contribution in [0.5, 0.6) is 0 Å². The van der Waals surface area contributed by atoms with Crippen LogP contribution in [0.15, 0.2) is 4.52 Å². The van der Waals surface area contributed by atoms with Gasteiger partial charge in [-0.1, -0.05) is 38.3 Å². The Bertz CT molecular complexity index is 603. The van der Waals surface area contributed by atoms with Gasteiger partial charge in [0.05, 0.1) is 5.25 Å². The van der Waals surface area contributed by atoms with E-state index < -0.39 is 21.2 Å². The second-order valence-corrected chi connectivity index (χ2v) is 7.99. The average Bonchev–Trinajstić information content (AvgIpc) is 2.95. The molecule has 7 nitrogen and oxygen atoms in total. The van der Waals surface area contributed by atoms with Gasteiger partial charge in [0.15, 0.2) is 5.82 Å². The summed E-state index contributed by atoms with van der Waals surface area (Å²) in [4.78, 5) is 16.0. The van der Waals surface area contributed by atoms with Gasteiger partial charge in [-0.3, -0.25) is 9.52 Å². The molecular formula is C14H23N3O4S. The molecule has 1 aromatic heterocycles. The maximum absolute atomic E-state index is 12.1. The Morgan fingerprint density at radius 1 is 1.32 bits per heavy atom. The number of hydrogen-bond donors (Lipinski definition) is 1. The standard InChI is InChI=1S/C14H23N3O4S/c1-10(2)14-15-13(21-16-14)9-8-12(18)17-22(19,20)11-6-4-3-5-7-11/h10-11H,3-9H2,1-2H3,(H,17,18). The molecule has 1 heterocycles. The Morgan fingerprint density at radius 3 is 2.59 bits per heavy atom. The van der Waals surface area contributed by atoms with Crippen LogP contribution in [-0.2, 0) is 21.2 Å². The molecule has 8 heteroatoms. The van der Waals surface area contributed by atoms with Gasteiger partial charge in [-0.2, -0.15) is 4.98 Å². The van der Waals surface area contributed by atoms with Gasteiger partial charge in [0.2, 0.25) is 21.8 Å². The summed E-state index contributed by atoms with van der Waals surface area (Å²) in [5.41, 5.74) is 0. The van der Waals surface area contributed by atoms with E-state index in [0.29, 0.717) is 24.6 Å². The van der Waals surface area contributed by atoms with Crippen molar-refractivity contribution in [3.8, 4) is 0 Å². The van der Waals surface area contributed by atoms with E-state index in [1.165, 1.54) is 0 Å². The van der Waals surface area contributed by atoms with Gasteiger partial charge >= 0.3 is 0 Å². The fraction of sp³-hybridized carbons (Fsp3) is 0.786. The van der Waals surface area contributed by atoms with E-state index in [2.05, 4.69) is 14.9 Å². The third-order valence-electron chi connectivity index (χ3n) is 3.81. The van der Waals surface area contributed by atoms with Crippen molar-refractivity contribution >= 4 is 15.9 Å². The van der Waals surface area contributed by atoms with Crippen molar-refractivity contribution in [2.45, 2.75) is 70.0 Å². The summed E-state index contributed by atoms with van der Waals surface area (Å²) in [7, 11) is -3.56. The first-order chi connectivity index (χ1) is 10.4. The van der Waals surface area contributed by atoms with Gasteiger partial charge in [-0.05, 0) is 12.8 Å². The van der Waals surface area contributed by atoms with Crippen molar-refractivity contribution in [2.24, 2.45) is 0 Å². The molecule has 1 aliphatic carbocycles. The number of carbonyl (C=O) groups excluding carboxylic acids is 1. The summed E-state index contributed by atoms with van der Waals surface area (Å²) in [6.45, 7) is 3.89. The minimum absolute atomic E-state index is 0.0195. The van der Waals surface area contributed by atoms with E-state index >= 15 is 0 Å². The third kappa shape index (κ3) is 4.53. The number of aromatic nitrogens is 2. The monoisotopic (exact) mass is 329 g/mol. The highest BCUT2D eigenvalue weighted by molar-refractivity contribution is 7.90. The average molecular weight is 329 g/mol. The second-order valence-electron chi connectivity index (χ2n) is 6.03. The van der Waals surface area contributed by atoms with Crippen LogP contribution < -0.4 is 4.72 Å². The highest BCUT2D eigenvalue weighted by atomic mass is 32.2. The van der Waals surface area contributed by atoms with Crippen LogP contribution in [0.25, 0.3) is 0 Å². The van der Waals surface area contributed by atoms with Crippen LogP contribution in [0.1, 0.15) is 70.0 Å². The largest absolute Gasteiger partial charge is 0.339 e. The van der Waals surface area contributed by atoms with Crippen LogP contribution in [0, 0.1) is 0 Å². The van der Waals surface area contributed by atoms with Gasteiger partial charge in [0.1, 0.15) is 0 Å². The van der Waals surface area contributed by atoms with E-state index in [1.807, 2.05) is 13.8 Å². The van der Waals surface area contributed by atoms with Crippen molar-refractivity contribution in [3.63, 3.8) is 0 Å². The molecular weight excluding hydrogens is 306 g/mol. The Labute approximate surface area is 130 Å². The Balaban J connectivity index is 1.84. The molecule has 2 rings (SSSR count). The molecule has 1 aromatic rings. The molecule has 0 spiro atoms. The van der Waals surface area contributed by atoms with Gasteiger partial charge in [-0.25, -0.2) is 8.42 Å². The lowest BCUT2D eigenvalue weighted by Crippen LogP contribution is -2.39. The molecule has 1 aliphatic rings. The van der Waals surface area contributed by atoms with Gasteiger partial charge < -0.3 is 4.52 Å².